The third-order valence-corrected chi connectivity index (χ3v) is 4.10. The highest BCUT2D eigenvalue weighted by molar-refractivity contribution is 7.87. The molecule has 0 saturated carbocycles. The van der Waals surface area contributed by atoms with Crippen molar-refractivity contribution in [2.24, 2.45) is 0 Å². The summed E-state index contributed by atoms with van der Waals surface area (Å²) in [5, 5.41) is 8.90. The second kappa shape index (κ2) is 6.29. The summed E-state index contributed by atoms with van der Waals surface area (Å²) in [4.78, 5) is 10.9. The van der Waals surface area contributed by atoms with Gasteiger partial charge in [-0.1, -0.05) is 13.3 Å². The van der Waals surface area contributed by atoms with Crippen molar-refractivity contribution in [1.29, 1.82) is 0 Å². The first kappa shape index (κ1) is 14.4. The van der Waals surface area contributed by atoms with Gasteiger partial charge in [-0.15, -0.1) is 0 Å². The maximum Gasteiger partial charge on any atom is 0.321 e. The Bertz CT molecular complexity index is 350. The van der Waals surface area contributed by atoms with Gasteiger partial charge in [0.15, 0.2) is 0 Å². The molecule has 1 rings (SSSR count). The van der Waals surface area contributed by atoms with Crippen molar-refractivity contribution >= 4 is 16.2 Å². The van der Waals surface area contributed by atoms with Crippen LogP contribution < -0.4 is 4.72 Å². The van der Waals surface area contributed by atoms with Crippen molar-refractivity contribution in [2.75, 3.05) is 26.3 Å². The molecule has 17 heavy (non-hydrogen) atoms. The number of carboxylic acids is 1. The van der Waals surface area contributed by atoms with Gasteiger partial charge >= 0.3 is 5.97 Å². The molecule has 2 N–H and O–H groups in total. The summed E-state index contributed by atoms with van der Waals surface area (Å²) in [6.07, 6.45) is 0.876. The van der Waals surface area contributed by atoms with Crippen molar-refractivity contribution in [3.05, 3.63) is 0 Å². The van der Waals surface area contributed by atoms with Crippen molar-refractivity contribution < 1.29 is 23.1 Å². The smallest absolute Gasteiger partial charge is 0.321 e. The third-order valence-electron chi connectivity index (χ3n) is 2.48. The van der Waals surface area contributed by atoms with E-state index in [1.165, 1.54) is 4.31 Å². The molecule has 100 valence electrons. The molecule has 8 heteroatoms. The number of hydrogen-bond acceptors (Lipinski definition) is 4. The van der Waals surface area contributed by atoms with Crippen LogP contribution in [0.4, 0.5) is 0 Å². The fourth-order valence-corrected chi connectivity index (χ4v) is 2.92. The van der Waals surface area contributed by atoms with Gasteiger partial charge < -0.3 is 9.84 Å². The highest BCUT2D eigenvalue weighted by Crippen LogP contribution is 2.06. The van der Waals surface area contributed by atoms with Gasteiger partial charge in [-0.05, 0) is 6.42 Å². The Morgan fingerprint density at radius 3 is 2.53 bits per heavy atom. The lowest BCUT2D eigenvalue weighted by Crippen LogP contribution is -2.51. The van der Waals surface area contributed by atoms with E-state index in [2.05, 4.69) is 4.72 Å². The SMILES string of the molecule is CCC[C@H](NS(=O)(=O)N1CCOCC1)C(=O)O. The summed E-state index contributed by atoms with van der Waals surface area (Å²) in [6, 6.07) is -1.06. The number of nitrogens with zero attached hydrogens (tertiary/aromatic N) is 1. The van der Waals surface area contributed by atoms with Crippen LogP contribution >= 0.6 is 0 Å². The van der Waals surface area contributed by atoms with E-state index in [1.54, 1.807) is 6.92 Å². The van der Waals surface area contributed by atoms with E-state index >= 15 is 0 Å². The minimum atomic E-state index is -3.73. The van der Waals surface area contributed by atoms with Crippen molar-refractivity contribution in [2.45, 2.75) is 25.8 Å². The lowest BCUT2D eigenvalue weighted by atomic mass is 10.2. The average molecular weight is 266 g/mol. The molecular formula is C9H18N2O5S. The third kappa shape index (κ3) is 4.23. The summed E-state index contributed by atoms with van der Waals surface area (Å²) >= 11 is 0. The molecule has 0 amide bonds. The molecule has 7 nitrogen and oxygen atoms in total. The number of carboxylic acid groups (broad SMARTS) is 1. The second-order valence-corrected chi connectivity index (χ2v) is 5.52. The Morgan fingerprint density at radius 2 is 2.06 bits per heavy atom. The molecule has 1 aliphatic rings. The molecule has 0 aromatic carbocycles. The lowest BCUT2D eigenvalue weighted by Gasteiger charge is -2.27. The Hall–Kier alpha value is -0.700. The number of nitrogens with one attached hydrogen (secondary N) is 1. The van der Waals surface area contributed by atoms with E-state index in [0.717, 1.165) is 0 Å². The second-order valence-electron chi connectivity index (χ2n) is 3.81. The van der Waals surface area contributed by atoms with Gasteiger partial charge in [0.1, 0.15) is 6.04 Å². The van der Waals surface area contributed by atoms with Crippen LogP contribution in [0.25, 0.3) is 0 Å². The first-order valence-electron chi connectivity index (χ1n) is 5.55. The van der Waals surface area contributed by atoms with Crippen molar-refractivity contribution in [3.63, 3.8) is 0 Å². The molecule has 0 aromatic heterocycles. The molecule has 1 fully saturated rings. The quantitative estimate of drug-likeness (QED) is 0.669. The normalized spacial score (nSPS) is 20.1. The maximum absolute atomic E-state index is 11.9. The van der Waals surface area contributed by atoms with Crippen LogP contribution in [0.3, 0.4) is 0 Å². The van der Waals surface area contributed by atoms with E-state index in [4.69, 9.17) is 9.84 Å². The molecule has 1 saturated heterocycles. The first-order chi connectivity index (χ1) is 7.97. The van der Waals surface area contributed by atoms with Crippen LogP contribution in [0.2, 0.25) is 0 Å². The predicted octanol–water partition coefficient (Wildman–Crippen LogP) is -0.594. The summed E-state index contributed by atoms with van der Waals surface area (Å²) in [7, 11) is -3.73. The molecule has 0 radical (unpaired) electrons. The fourth-order valence-electron chi connectivity index (χ4n) is 1.56. The zero-order valence-electron chi connectivity index (χ0n) is 9.76. The Morgan fingerprint density at radius 1 is 1.47 bits per heavy atom. The van der Waals surface area contributed by atoms with E-state index in [1.807, 2.05) is 0 Å². The average Bonchev–Trinajstić information content (AvgIpc) is 2.29. The number of morpholine rings is 1. The number of rotatable bonds is 6. The predicted molar refractivity (Wildman–Crippen MR) is 60.8 cm³/mol. The van der Waals surface area contributed by atoms with Gasteiger partial charge in [0.2, 0.25) is 0 Å². The lowest BCUT2D eigenvalue weighted by molar-refractivity contribution is -0.139. The van der Waals surface area contributed by atoms with Gasteiger partial charge in [0.05, 0.1) is 13.2 Å². The number of ether oxygens (including phenoxy) is 1. The van der Waals surface area contributed by atoms with Crippen LogP contribution in [0.15, 0.2) is 0 Å². The molecule has 0 aliphatic carbocycles. The Balaban J connectivity index is 2.65. The van der Waals surface area contributed by atoms with E-state index in [-0.39, 0.29) is 19.5 Å². The minimum absolute atomic E-state index is 0.258. The molecule has 0 bridgehead atoms. The van der Waals surface area contributed by atoms with E-state index < -0.39 is 22.2 Å². The monoisotopic (exact) mass is 266 g/mol. The topological polar surface area (TPSA) is 95.9 Å². The van der Waals surface area contributed by atoms with Gasteiger partial charge in [-0.3, -0.25) is 4.79 Å². The van der Waals surface area contributed by atoms with E-state index in [9.17, 15) is 13.2 Å². The molecule has 0 aromatic rings. The van der Waals surface area contributed by atoms with Crippen molar-refractivity contribution in [3.8, 4) is 0 Å². The van der Waals surface area contributed by atoms with Crippen LogP contribution in [0, 0.1) is 0 Å². The maximum atomic E-state index is 11.9. The molecule has 1 heterocycles. The van der Waals surface area contributed by atoms with Gasteiger partial charge in [-0.2, -0.15) is 17.4 Å². The van der Waals surface area contributed by atoms with Crippen molar-refractivity contribution in [1.82, 2.24) is 9.03 Å². The summed E-state index contributed by atoms with van der Waals surface area (Å²) in [5.41, 5.74) is 0. The van der Waals surface area contributed by atoms with Gasteiger partial charge in [-0.25, -0.2) is 0 Å². The van der Waals surface area contributed by atoms with E-state index in [0.29, 0.717) is 19.6 Å². The zero-order chi connectivity index (χ0) is 12.9. The Labute approximate surface area is 101 Å². The first-order valence-corrected chi connectivity index (χ1v) is 6.99. The van der Waals surface area contributed by atoms with Crippen LogP contribution in [-0.2, 0) is 19.7 Å². The zero-order valence-corrected chi connectivity index (χ0v) is 10.6. The molecule has 0 unspecified atom stereocenters. The molecular weight excluding hydrogens is 248 g/mol. The summed E-state index contributed by atoms with van der Waals surface area (Å²) in [5.74, 6) is -1.15. The molecule has 0 spiro atoms. The number of carbonyl (C=O) groups is 1. The van der Waals surface area contributed by atoms with Crippen LogP contribution in [0.5, 0.6) is 0 Å². The van der Waals surface area contributed by atoms with Gasteiger partial charge in [0.25, 0.3) is 10.2 Å². The summed E-state index contributed by atoms with van der Waals surface area (Å²) in [6.45, 7) is 3.00. The number of aliphatic carboxylic acids is 1. The molecule has 1 atom stereocenters. The number of hydrogen-bond donors (Lipinski definition) is 2. The minimum Gasteiger partial charge on any atom is -0.480 e. The highest BCUT2D eigenvalue weighted by Gasteiger charge is 2.29. The molecule has 1 aliphatic heterocycles. The largest absolute Gasteiger partial charge is 0.480 e. The standard InChI is InChI=1S/C9H18N2O5S/c1-2-3-8(9(12)13)10-17(14,15)11-4-6-16-7-5-11/h8,10H,2-7H2,1H3,(H,12,13)/t8-/m0/s1. The van der Waals surface area contributed by atoms with Crippen LogP contribution in [0.1, 0.15) is 19.8 Å². The van der Waals surface area contributed by atoms with Gasteiger partial charge in [0, 0.05) is 13.1 Å². The highest BCUT2D eigenvalue weighted by atomic mass is 32.2. The Kier molecular flexibility index (Phi) is 5.31. The fraction of sp³-hybridized carbons (Fsp3) is 0.889. The van der Waals surface area contributed by atoms with Crippen LogP contribution in [-0.4, -0.2) is 56.1 Å². The summed E-state index contributed by atoms with van der Waals surface area (Å²) < 4.78 is 32.2.